The number of benzene rings is 3. The molecule has 8 nitrogen and oxygen atoms in total. The summed E-state index contributed by atoms with van der Waals surface area (Å²) in [5.74, 6) is 0.117. The summed E-state index contributed by atoms with van der Waals surface area (Å²) in [6, 6.07) is 21.8. The van der Waals surface area contributed by atoms with Gasteiger partial charge in [-0.3, -0.25) is 9.89 Å². The van der Waals surface area contributed by atoms with Crippen molar-refractivity contribution in [3.05, 3.63) is 83.2 Å². The van der Waals surface area contributed by atoms with Gasteiger partial charge in [-0.25, -0.2) is 18.1 Å². The van der Waals surface area contributed by atoms with E-state index in [1.807, 2.05) is 60.7 Å². The van der Waals surface area contributed by atoms with Gasteiger partial charge in [-0.15, -0.1) is 0 Å². The molecule has 0 bridgehead atoms. The van der Waals surface area contributed by atoms with E-state index < -0.39 is 15.1 Å². The highest BCUT2D eigenvalue weighted by Crippen LogP contribution is 2.35. The van der Waals surface area contributed by atoms with Crippen LogP contribution in [0.25, 0.3) is 39.1 Å². The van der Waals surface area contributed by atoms with E-state index in [9.17, 15) is 13.2 Å². The molecular weight excluding hydrogens is 450 g/mol. The van der Waals surface area contributed by atoms with E-state index in [4.69, 9.17) is 5.73 Å². The van der Waals surface area contributed by atoms with Gasteiger partial charge in [-0.05, 0) is 43.7 Å². The standard InChI is InChI=1S/C25H23N5O3S/c1-15(2)34(32,33)20-14-17(13-19-23(20)28-25(26)27-19)22-21(16-9-5-3-6-10-16)24(31)30(29-22)18-11-7-4-8-12-18/h3-15,29H,1-2H3,(H3,26,27,28). The summed E-state index contributed by atoms with van der Waals surface area (Å²) in [6.45, 7) is 3.24. The largest absolute Gasteiger partial charge is 0.369 e. The van der Waals surface area contributed by atoms with Crippen LogP contribution in [0.2, 0.25) is 0 Å². The molecule has 5 aromatic rings. The quantitative estimate of drug-likeness (QED) is 0.354. The Hall–Kier alpha value is -4.11. The number of nitrogen functional groups attached to an aromatic ring is 1. The maximum absolute atomic E-state index is 13.6. The van der Waals surface area contributed by atoms with Crippen molar-refractivity contribution in [3.63, 3.8) is 0 Å². The molecular formula is C25H23N5O3S. The number of para-hydroxylation sites is 1. The van der Waals surface area contributed by atoms with Crippen LogP contribution in [0.4, 0.5) is 5.95 Å². The van der Waals surface area contributed by atoms with Gasteiger partial charge in [0.2, 0.25) is 0 Å². The molecule has 4 N–H and O–H groups in total. The number of anilines is 1. The molecule has 3 aromatic carbocycles. The van der Waals surface area contributed by atoms with Gasteiger partial charge >= 0.3 is 0 Å². The third kappa shape index (κ3) is 3.50. The lowest BCUT2D eigenvalue weighted by Crippen LogP contribution is -2.15. The van der Waals surface area contributed by atoms with Gasteiger partial charge in [0.05, 0.1) is 32.6 Å². The number of H-pyrrole nitrogens is 2. The average Bonchev–Trinajstić information content (AvgIpc) is 3.38. The molecule has 2 aromatic heterocycles. The highest BCUT2D eigenvalue weighted by atomic mass is 32.2. The topological polar surface area (TPSA) is 127 Å². The zero-order valence-corrected chi connectivity index (χ0v) is 19.4. The molecule has 172 valence electrons. The molecule has 0 unspecified atom stereocenters. The number of hydrogen-bond donors (Lipinski definition) is 3. The van der Waals surface area contributed by atoms with Crippen LogP contribution >= 0.6 is 0 Å². The van der Waals surface area contributed by atoms with Crippen molar-refractivity contribution in [3.8, 4) is 28.1 Å². The van der Waals surface area contributed by atoms with E-state index in [2.05, 4.69) is 15.1 Å². The molecule has 2 heterocycles. The Labute approximate surface area is 196 Å². The summed E-state index contributed by atoms with van der Waals surface area (Å²) in [5.41, 5.74) is 9.21. The monoisotopic (exact) mass is 473 g/mol. The van der Waals surface area contributed by atoms with Crippen LogP contribution in [0.5, 0.6) is 0 Å². The first kappa shape index (κ1) is 21.7. The van der Waals surface area contributed by atoms with E-state index in [-0.39, 0.29) is 21.9 Å². The zero-order chi connectivity index (χ0) is 24.0. The van der Waals surface area contributed by atoms with E-state index >= 15 is 0 Å². The maximum atomic E-state index is 13.6. The van der Waals surface area contributed by atoms with Gasteiger partial charge in [0.1, 0.15) is 5.52 Å². The minimum atomic E-state index is -3.69. The number of nitrogens with one attached hydrogen (secondary N) is 2. The second-order valence-electron chi connectivity index (χ2n) is 8.29. The first-order valence-corrected chi connectivity index (χ1v) is 12.3. The molecule has 34 heavy (non-hydrogen) atoms. The van der Waals surface area contributed by atoms with Crippen LogP contribution in [0.3, 0.4) is 0 Å². The van der Waals surface area contributed by atoms with Crippen molar-refractivity contribution in [1.82, 2.24) is 19.7 Å². The minimum absolute atomic E-state index is 0.0651. The lowest BCUT2D eigenvalue weighted by molar-refractivity contribution is 0.588. The third-order valence-electron chi connectivity index (χ3n) is 5.75. The van der Waals surface area contributed by atoms with Crippen molar-refractivity contribution in [1.29, 1.82) is 0 Å². The fourth-order valence-corrected chi connectivity index (χ4v) is 5.22. The molecule has 0 atom stereocenters. The van der Waals surface area contributed by atoms with E-state index in [0.717, 1.165) is 0 Å². The van der Waals surface area contributed by atoms with Crippen LogP contribution in [0, 0.1) is 0 Å². The summed E-state index contributed by atoms with van der Waals surface area (Å²) < 4.78 is 27.9. The van der Waals surface area contributed by atoms with Gasteiger partial charge in [0.25, 0.3) is 5.56 Å². The predicted octanol–water partition coefficient (Wildman–Crippen LogP) is 4.14. The molecule has 9 heteroatoms. The molecule has 0 aliphatic carbocycles. The van der Waals surface area contributed by atoms with Crippen molar-refractivity contribution in [2.45, 2.75) is 24.0 Å². The molecule has 5 rings (SSSR count). The number of aromatic amines is 2. The molecule has 0 aliphatic heterocycles. The number of fused-ring (bicyclic) bond motifs is 1. The minimum Gasteiger partial charge on any atom is -0.369 e. The molecule has 0 saturated carbocycles. The number of rotatable bonds is 5. The first-order chi connectivity index (χ1) is 16.3. The highest BCUT2D eigenvalue weighted by Gasteiger charge is 2.27. The van der Waals surface area contributed by atoms with E-state index in [1.54, 1.807) is 26.0 Å². The van der Waals surface area contributed by atoms with Crippen LogP contribution in [0.1, 0.15) is 13.8 Å². The Morgan fingerprint density at radius 3 is 2.24 bits per heavy atom. The van der Waals surface area contributed by atoms with E-state index in [1.165, 1.54) is 4.68 Å². The van der Waals surface area contributed by atoms with Crippen molar-refractivity contribution >= 4 is 26.8 Å². The lowest BCUT2D eigenvalue weighted by Gasteiger charge is -2.11. The van der Waals surface area contributed by atoms with Crippen LogP contribution in [-0.2, 0) is 9.84 Å². The summed E-state index contributed by atoms with van der Waals surface area (Å²) in [4.78, 5) is 20.8. The van der Waals surface area contributed by atoms with Crippen molar-refractivity contribution < 1.29 is 8.42 Å². The number of imidazole rings is 1. The van der Waals surface area contributed by atoms with Crippen molar-refractivity contribution in [2.75, 3.05) is 5.73 Å². The Kier molecular flexibility index (Phi) is 5.13. The molecule has 0 aliphatic rings. The van der Waals surface area contributed by atoms with Crippen molar-refractivity contribution in [2.24, 2.45) is 0 Å². The van der Waals surface area contributed by atoms with E-state index in [0.29, 0.717) is 33.6 Å². The molecule has 0 fully saturated rings. The second kappa shape index (κ2) is 8.03. The van der Waals surface area contributed by atoms with Crippen LogP contribution < -0.4 is 11.3 Å². The summed E-state index contributed by atoms with van der Waals surface area (Å²) >= 11 is 0. The molecule has 0 amide bonds. The Morgan fingerprint density at radius 1 is 0.941 bits per heavy atom. The Balaban J connectivity index is 1.86. The molecule has 0 saturated heterocycles. The maximum Gasteiger partial charge on any atom is 0.279 e. The van der Waals surface area contributed by atoms with Crippen LogP contribution in [-0.4, -0.2) is 33.4 Å². The first-order valence-electron chi connectivity index (χ1n) is 10.8. The number of sulfone groups is 1. The lowest BCUT2D eigenvalue weighted by atomic mass is 10.0. The Bertz CT molecular complexity index is 1660. The summed E-state index contributed by atoms with van der Waals surface area (Å²) in [6.07, 6.45) is 0. The summed E-state index contributed by atoms with van der Waals surface area (Å²) in [5, 5.41) is 2.54. The van der Waals surface area contributed by atoms with Gasteiger partial charge < -0.3 is 10.7 Å². The van der Waals surface area contributed by atoms with Gasteiger partial charge in [-0.2, -0.15) is 0 Å². The molecule has 0 radical (unpaired) electrons. The third-order valence-corrected chi connectivity index (χ3v) is 7.92. The molecule has 0 spiro atoms. The van der Waals surface area contributed by atoms with Gasteiger partial charge in [0, 0.05) is 5.56 Å². The average molecular weight is 474 g/mol. The normalized spacial score (nSPS) is 12.0. The van der Waals surface area contributed by atoms with Crippen LogP contribution in [0.15, 0.2) is 82.5 Å². The smallest absolute Gasteiger partial charge is 0.279 e. The number of nitrogens with zero attached hydrogens (tertiary/aromatic N) is 2. The Morgan fingerprint density at radius 2 is 1.59 bits per heavy atom. The van der Waals surface area contributed by atoms with Gasteiger partial charge in [-0.1, -0.05) is 48.5 Å². The highest BCUT2D eigenvalue weighted by molar-refractivity contribution is 7.92. The second-order valence-corrected chi connectivity index (χ2v) is 10.8. The fourth-order valence-electron chi connectivity index (χ4n) is 4.00. The fraction of sp³-hybridized carbons (Fsp3) is 0.120. The van der Waals surface area contributed by atoms with Gasteiger partial charge in [0.15, 0.2) is 15.8 Å². The SMILES string of the molecule is CC(C)S(=O)(=O)c1cc(-c2[nH]n(-c3ccccc3)c(=O)c2-c2ccccc2)cc2[nH]c(N)nc12. The number of aromatic nitrogens is 4. The number of nitrogens with two attached hydrogens (primary N) is 1. The number of hydrogen-bond acceptors (Lipinski definition) is 5. The predicted molar refractivity (Wildman–Crippen MR) is 134 cm³/mol. The summed E-state index contributed by atoms with van der Waals surface area (Å²) in [7, 11) is -3.69. The zero-order valence-electron chi connectivity index (χ0n) is 18.6.